The average Bonchev–Trinajstić information content (AvgIpc) is 2.80. The van der Waals surface area contributed by atoms with Gasteiger partial charge < -0.3 is 15.0 Å². The molecule has 0 radical (unpaired) electrons. The number of likely N-dealkylation sites (tertiary alicyclic amines) is 1. The van der Waals surface area contributed by atoms with E-state index >= 15 is 0 Å². The number of esters is 1. The van der Waals surface area contributed by atoms with Crippen LogP contribution in [-0.4, -0.2) is 63.4 Å². The van der Waals surface area contributed by atoms with E-state index in [0.717, 1.165) is 5.56 Å². The third-order valence-corrected chi connectivity index (χ3v) is 7.73. The maximum Gasteiger partial charge on any atom is 0.328 e. The van der Waals surface area contributed by atoms with Crippen molar-refractivity contribution in [3.05, 3.63) is 29.8 Å². The standard InChI is InChI=1S/C23H35N3O6S/c1-6-16(3)20(23(29)32-5)24-21(27)18-11-13-26(14-12-18)22(28)17(4)25-33(30,31)19-9-7-15(2)8-10-19/h7-10,16-18,20,25H,6,11-14H2,1-5H3,(H,24,27)/t16-,17+,20-/m0/s1. The van der Waals surface area contributed by atoms with Crippen LogP contribution < -0.4 is 10.0 Å². The summed E-state index contributed by atoms with van der Waals surface area (Å²) in [5.74, 6) is -1.43. The second-order valence-corrected chi connectivity index (χ2v) is 10.4. The third kappa shape index (κ3) is 7.01. The van der Waals surface area contributed by atoms with Gasteiger partial charge in [-0.2, -0.15) is 4.72 Å². The van der Waals surface area contributed by atoms with E-state index in [9.17, 15) is 22.8 Å². The topological polar surface area (TPSA) is 122 Å². The van der Waals surface area contributed by atoms with Crippen molar-refractivity contribution in [2.75, 3.05) is 20.2 Å². The molecule has 33 heavy (non-hydrogen) atoms. The quantitative estimate of drug-likeness (QED) is 0.517. The Morgan fingerprint density at radius 3 is 2.21 bits per heavy atom. The predicted molar refractivity (Wildman–Crippen MR) is 124 cm³/mol. The Morgan fingerprint density at radius 1 is 1.12 bits per heavy atom. The molecule has 9 nitrogen and oxygen atoms in total. The van der Waals surface area contributed by atoms with Gasteiger partial charge in [-0.3, -0.25) is 9.59 Å². The zero-order chi connectivity index (χ0) is 24.8. The van der Waals surface area contributed by atoms with Crippen molar-refractivity contribution in [1.82, 2.24) is 14.9 Å². The van der Waals surface area contributed by atoms with E-state index in [1.165, 1.54) is 26.2 Å². The monoisotopic (exact) mass is 481 g/mol. The highest BCUT2D eigenvalue weighted by molar-refractivity contribution is 7.89. The summed E-state index contributed by atoms with van der Waals surface area (Å²) in [6.45, 7) is 7.85. The number of nitrogens with one attached hydrogen (secondary N) is 2. The normalized spacial score (nSPS) is 17.7. The third-order valence-electron chi connectivity index (χ3n) is 6.18. The molecule has 2 amide bonds. The Morgan fingerprint density at radius 2 is 1.70 bits per heavy atom. The van der Waals surface area contributed by atoms with Crippen molar-refractivity contribution >= 4 is 27.8 Å². The molecule has 0 saturated carbocycles. The molecular weight excluding hydrogens is 446 g/mol. The Hall–Kier alpha value is -2.46. The summed E-state index contributed by atoms with van der Waals surface area (Å²) >= 11 is 0. The van der Waals surface area contributed by atoms with Crippen LogP contribution in [0.3, 0.4) is 0 Å². The second kappa shape index (κ2) is 11.6. The van der Waals surface area contributed by atoms with Gasteiger partial charge in [0.05, 0.1) is 18.0 Å². The van der Waals surface area contributed by atoms with Gasteiger partial charge in [-0.15, -0.1) is 0 Å². The van der Waals surface area contributed by atoms with Gasteiger partial charge in [-0.25, -0.2) is 13.2 Å². The molecule has 1 saturated heterocycles. The maximum atomic E-state index is 12.8. The fourth-order valence-corrected chi connectivity index (χ4v) is 4.97. The Balaban J connectivity index is 1.92. The summed E-state index contributed by atoms with van der Waals surface area (Å²) in [6, 6.07) is 4.75. The first-order valence-corrected chi connectivity index (χ1v) is 12.7. The van der Waals surface area contributed by atoms with Gasteiger partial charge in [-0.05, 0) is 44.7 Å². The first kappa shape index (κ1) is 26.8. The number of sulfonamides is 1. The minimum atomic E-state index is -3.82. The number of benzene rings is 1. The van der Waals surface area contributed by atoms with E-state index in [2.05, 4.69) is 10.0 Å². The number of nitrogens with zero attached hydrogens (tertiary/aromatic N) is 1. The molecule has 0 aromatic heterocycles. The number of carbonyl (C=O) groups excluding carboxylic acids is 3. The number of ether oxygens (including phenoxy) is 1. The van der Waals surface area contributed by atoms with Gasteiger partial charge in [-0.1, -0.05) is 38.0 Å². The van der Waals surface area contributed by atoms with Crippen LogP contribution in [0.1, 0.15) is 45.6 Å². The largest absolute Gasteiger partial charge is 0.467 e. The molecule has 3 atom stereocenters. The Kier molecular flexibility index (Phi) is 9.42. The van der Waals surface area contributed by atoms with Crippen LogP contribution in [0.4, 0.5) is 0 Å². The number of piperidine rings is 1. The molecule has 0 bridgehead atoms. The summed E-state index contributed by atoms with van der Waals surface area (Å²) in [5.41, 5.74) is 0.937. The Bertz CT molecular complexity index is 939. The van der Waals surface area contributed by atoms with Crippen molar-refractivity contribution in [3.63, 3.8) is 0 Å². The van der Waals surface area contributed by atoms with Crippen molar-refractivity contribution in [3.8, 4) is 0 Å². The van der Waals surface area contributed by atoms with Gasteiger partial charge in [0.25, 0.3) is 0 Å². The first-order chi connectivity index (χ1) is 15.5. The molecule has 0 unspecified atom stereocenters. The fraction of sp³-hybridized carbons (Fsp3) is 0.609. The highest BCUT2D eigenvalue weighted by atomic mass is 32.2. The van der Waals surface area contributed by atoms with Crippen LogP contribution in [0.25, 0.3) is 0 Å². The average molecular weight is 482 g/mol. The molecule has 184 valence electrons. The lowest BCUT2D eigenvalue weighted by Crippen LogP contribution is -2.52. The highest BCUT2D eigenvalue weighted by Crippen LogP contribution is 2.20. The molecule has 1 heterocycles. The molecular formula is C23H35N3O6S. The molecule has 1 aromatic carbocycles. The van der Waals surface area contributed by atoms with Crippen LogP contribution in [0.15, 0.2) is 29.2 Å². The number of hydrogen-bond donors (Lipinski definition) is 2. The zero-order valence-corrected chi connectivity index (χ0v) is 20.8. The van der Waals surface area contributed by atoms with Crippen LogP contribution in [-0.2, 0) is 29.1 Å². The van der Waals surface area contributed by atoms with E-state index in [0.29, 0.717) is 32.4 Å². The van der Waals surface area contributed by atoms with Crippen molar-refractivity contribution in [2.45, 2.75) is 63.9 Å². The van der Waals surface area contributed by atoms with Gasteiger partial charge in [0.15, 0.2) is 0 Å². The number of methoxy groups -OCH3 is 1. The van der Waals surface area contributed by atoms with E-state index < -0.39 is 28.1 Å². The van der Waals surface area contributed by atoms with Crippen molar-refractivity contribution in [2.24, 2.45) is 11.8 Å². The lowest BCUT2D eigenvalue weighted by atomic mass is 9.93. The molecule has 10 heteroatoms. The van der Waals surface area contributed by atoms with Gasteiger partial charge in [0.2, 0.25) is 21.8 Å². The predicted octanol–water partition coefficient (Wildman–Crippen LogP) is 1.60. The second-order valence-electron chi connectivity index (χ2n) is 8.65. The summed E-state index contributed by atoms with van der Waals surface area (Å²) in [7, 11) is -2.53. The van der Waals surface area contributed by atoms with Crippen LogP contribution in [0, 0.1) is 18.8 Å². The Labute approximate surface area is 196 Å². The van der Waals surface area contributed by atoms with Gasteiger partial charge >= 0.3 is 5.97 Å². The molecule has 1 aromatic rings. The molecule has 2 rings (SSSR count). The maximum absolute atomic E-state index is 12.8. The SMILES string of the molecule is CC[C@H](C)[C@H](NC(=O)C1CCN(C(=O)[C@@H](C)NS(=O)(=O)c2ccc(C)cc2)CC1)C(=O)OC. The zero-order valence-electron chi connectivity index (χ0n) is 20.0. The lowest BCUT2D eigenvalue weighted by molar-refractivity contribution is -0.147. The number of aryl methyl sites for hydroxylation is 1. The van der Waals surface area contributed by atoms with Crippen LogP contribution in [0.2, 0.25) is 0 Å². The van der Waals surface area contributed by atoms with Crippen molar-refractivity contribution in [1.29, 1.82) is 0 Å². The highest BCUT2D eigenvalue weighted by Gasteiger charge is 2.34. The van der Waals surface area contributed by atoms with E-state index in [1.807, 2.05) is 20.8 Å². The van der Waals surface area contributed by atoms with E-state index in [1.54, 1.807) is 17.0 Å². The first-order valence-electron chi connectivity index (χ1n) is 11.3. The molecule has 1 aliphatic heterocycles. The minimum absolute atomic E-state index is 0.0644. The summed E-state index contributed by atoms with van der Waals surface area (Å²) in [6.07, 6.45) is 1.58. The minimum Gasteiger partial charge on any atom is -0.467 e. The number of hydrogen-bond acceptors (Lipinski definition) is 6. The summed E-state index contributed by atoms with van der Waals surface area (Å²) in [4.78, 5) is 39.2. The molecule has 0 spiro atoms. The van der Waals surface area contributed by atoms with Gasteiger partial charge in [0.1, 0.15) is 6.04 Å². The van der Waals surface area contributed by atoms with Gasteiger partial charge in [0, 0.05) is 19.0 Å². The molecule has 1 aliphatic rings. The number of carbonyl (C=O) groups is 3. The van der Waals surface area contributed by atoms with Crippen LogP contribution in [0.5, 0.6) is 0 Å². The number of amides is 2. The van der Waals surface area contributed by atoms with Crippen LogP contribution >= 0.6 is 0 Å². The van der Waals surface area contributed by atoms with Crippen molar-refractivity contribution < 1.29 is 27.5 Å². The number of rotatable bonds is 9. The fourth-order valence-electron chi connectivity index (χ4n) is 3.77. The summed E-state index contributed by atoms with van der Waals surface area (Å²) < 4.78 is 32.4. The van der Waals surface area contributed by atoms with E-state index in [4.69, 9.17) is 4.74 Å². The lowest BCUT2D eigenvalue weighted by Gasteiger charge is -2.34. The molecule has 2 N–H and O–H groups in total. The summed E-state index contributed by atoms with van der Waals surface area (Å²) in [5, 5.41) is 2.80. The molecule has 1 fully saturated rings. The molecule has 0 aliphatic carbocycles. The smallest absolute Gasteiger partial charge is 0.328 e. The van der Waals surface area contributed by atoms with E-state index in [-0.39, 0.29) is 28.5 Å².